The van der Waals surface area contributed by atoms with Crippen molar-refractivity contribution in [2.24, 2.45) is 5.41 Å². The lowest BCUT2D eigenvalue weighted by Crippen LogP contribution is -2.46. The van der Waals surface area contributed by atoms with Gasteiger partial charge in [0.15, 0.2) is 5.11 Å². The molecule has 0 atom stereocenters. The molecule has 2 saturated heterocycles. The van der Waals surface area contributed by atoms with Crippen LogP contribution in [-0.4, -0.2) is 58.8 Å². The van der Waals surface area contributed by atoms with Crippen molar-refractivity contribution in [3.8, 4) is 0 Å². The maximum atomic E-state index is 14.0. The smallest absolute Gasteiger partial charge is 0.253 e. The number of halogens is 1. The molecule has 2 aliphatic heterocycles. The number of likely N-dealkylation sites (tertiary alicyclic amines) is 2. The standard InChI is InChI=1S/C26H30FN5O3S/c1-17(33)28-22-8-7-19(15-23(22)29-18(2)34)24(35)32-14-11-26(16-32)9-12-31(13-10-26)25(36)30-21-6-4-3-5-20(21)27/h3-8,15H,9-14,16H2,1-2H3,(H,28,33)(H,29,34)(H,30,36). The van der Waals surface area contributed by atoms with Gasteiger partial charge in [0.1, 0.15) is 5.82 Å². The molecule has 2 heterocycles. The van der Waals surface area contributed by atoms with Gasteiger partial charge in [-0.15, -0.1) is 0 Å². The lowest BCUT2D eigenvalue weighted by molar-refractivity contribution is -0.115. The van der Waals surface area contributed by atoms with Crippen LogP contribution in [0.5, 0.6) is 0 Å². The number of amides is 3. The Kier molecular flexibility index (Phi) is 7.53. The molecule has 1 spiro atoms. The summed E-state index contributed by atoms with van der Waals surface area (Å²) in [6.45, 7) is 5.53. The molecule has 0 bridgehead atoms. The minimum absolute atomic E-state index is 0.0242. The number of nitrogens with zero attached hydrogens (tertiary/aromatic N) is 2. The van der Waals surface area contributed by atoms with E-state index >= 15 is 0 Å². The number of anilines is 3. The second kappa shape index (κ2) is 10.6. The fraction of sp³-hybridized carbons (Fsp3) is 0.385. The molecule has 3 N–H and O–H groups in total. The molecule has 190 valence electrons. The van der Waals surface area contributed by atoms with Gasteiger partial charge < -0.3 is 25.8 Å². The van der Waals surface area contributed by atoms with Gasteiger partial charge in [0.05, 0.1) is 17.1 Å². The van der Waals surface area contributed by atoms with Gasteiger partial charge in [0.2, 0.25) is 11.8 Å². The molecule has 8 nitrogen and oxygen atoms in total. The van der Waals surface area contributed by atoms with Gasteiger partial charge >= 0.3 is 0 Å². The van der Waals surface area contributed by atoms with E-state index in [4.69, 9.17) is 12.2 Å². The van der Waals surface area contributed by atoms with Gasteiger partial charge in [-0.3, -0.25) is 14.4 Å². The zero-order chi connectivity index (χ0) is 25.9. The van der Waals surface area contributed by atoms with Crippen LogP contribution < -0.4 is 16.0 Å². The number of carbonyl (C=O) groups is 3. The van der Waals surface area contributed by atoms with Crippen LogP contribution in [0.3, 0.4) is 0 Å². The maximum absolute atomic E-state index is 14.0. The Morgan fingerprint density at radius 1 is 0.833 bits per heavy atom. The third-order valence-electron chi connectivity index (χ3n) is 6.84. The van der Waals surface area contributed by atoms with Crippen molar-refractivity contribution in [3.05, 3.63) is 53.8 Å². The molecule has 2 aromatic carbocycles. The van der Waals surface area contributed by atoms with Gasteiger partial charge in [-0.1, -0.05) is 12.1 Å². The topological polar surface area (TPSA) is 93.8 Å². The van der Waals surface area contributed by atoms with Crippen LogP contribution in [0, 0.1) is 11.2 Å². The van der Waals surface area contributed by atoms with E-state index < -0.39 is 0 Å². The lowest BCUT2D eigenvalue weighted by atomic mass is 9.78. The molecular weight excluding hydrogens is 481 g/mol. The molecular formula is C26H30FN5O3S. The monoisotopic (exact) mass is 511 g/mol. The number of hydrogen-bond donors (Lipinski definition) is 3. The van der Waals surface area contributed by atoms with E-state index in [-0.39, 0.29) is 29.0 Å². The highest BCUT2D eigenvalue weighted by Gasteiger charge is 2.42. The summed E-state index contributed by atoms with van der Waals surface area (Å²) in [7, 11) is 0. The molecule has 0 aliphatic carbocycles. The van der Waals surface area contributed by atoms with Crippen LogP contribution in [-0.2, 0) is 9.59 Å². The van der Waals surface area contributed by atoms with E-state index in [0.29, 0.717) is 40.8 Å². The molecule has 2 aromatic rings. The molecule has 0 unspecified atom stereocenters. The van der Waals surface area contributed by atoms with E-state index in [1.54, 1.807) is 36.4 Å². The third kappa shape index (κ3) is 5.81. The summed E-state index contributed by atoms with van der Waals surface area (Å²) in [6.07, 6.45) is 2.67. The second-order valence-electron chi connectivity index (χ2n) is 9.50. The van der Waals surface area contributed by atoms with E-state index in [9.17, 15) is 18.8 Å². The second-order valence-corrected chi connectivity index (χ2v) is 9.88. The molecule has 0 radical (unpaired) electrons. The minimum Gasteiger partial charge on any atom is -0.349 e. The number of benzene rings is 2. The molecule has 0 aromatic heterocycles. The van der Waals surface area contributed by atoms with Crippen LogP contribution in [0.2, 0.25) is 0 Å². The zero-order valence-corrected chi connectivity index (χ0v) is 21.2. The molecule has 36 heavy (non-hydrogen) atoms. The van der Waals surface area contributed by atoms with E-state index in [1.165, 1.54) is 19.9 Å². The first-order valence-corrected chi connectivity index (χ1v) is 12.4. The van der Waals surface area contributed by atoms with Crippen LogP contribution in [0.1, 0.15) is 43.5 Å². The highest BCUT2D eigenvalue weighted by atomic mass is 32.1. The fourth-order valence-electron chi connectivity index (χ4n) is 4.91. The van der Waals surface area contributed by atoms with Crippen LogP contribution in [0.25, 0.3) is 0 Å². The van der Waals surface area contributed by atoms with Gasteiger partial charge in [-0.25, -0.2) is 4.39 Å². The van der Waals surface area contributed by atoms with Crippen molar-refractivity contribution in [2.45, 2.75) is 33.1 Å². The number of thiocarbonyl (C=S) groups is 1. The first-order chi connectivity index (χ1) is 17.2. The summed E-state index contributed by atoms with van der Waals surface area (Å²) in [6, 6.07) is 11.4. The molecule has 10 heteroatoms. The molecule has 3 amide bonds. The molecule has 4 rings (SSSR count). The van der Waals surface area contributed by atoms with Crippen molar-refractivity contribution >= 4 is 52.1 Å². The quantitative estimate of drug-likeness (QED) is 0.536. The number of piperidine rings is 1. The summed E-state index contributed by atoms with van der Waals surface area (Å²) >= 11 is 5.51. The maximum Gasteiger partial charge on any atom is 0.253 e. The SMILES string of the molecule is CC(=O)Nc1ccc(C(=O)N2CCC3(CCN(C(=S)Nc4ccccc4F)CC3)C2)cc1NC(C)=O. The zero-order valence-electron chi connectivity index (χ0n) is 20.4. The first kappa shape index (κ1) is 25.6. The fourth-order valence-corrected chi connectivity index (χ4v) is 5.20. The average Bonchev–Trinajstić information content (AvgIpc) is 3.24. The van der Waals surface area contributed by atoms with Gasteiger partial charge in [0.25, 0.3) is 5.91 Å². The predicted octanol–water partition coefficient (Wildman–Crippen LogP) is 4.07. The van der Waals surface area contributed by atoms with Crippen LogP contribution in [0.4, 0.5) is 21.5 Å². The van der Waals surface area contributed by atoms with Crippen molar-refractivity contribution < 1.29 is 18.8 Å². The summed E-state index contributed by atoms with van der Waals surface area (Å²) in [5.74, 6) is -1.00. The normalized spacial score (nSPS) is 16.5. The highest BCUT2D eigenvalue weighted by Crippen LogP contribution is 2.41. The van der Waals surface area contributed by atoms with Gasteiger partial charge in [-0.05, 0) is 67.2 Å². The summed E-state index contributed by atoms with van der Waals surface area (Å²) in [5, 5.41) is 8.87. The lowest BCUT2D eigenvalue weighted by Gasteiger charge is -2.40. The van der Waals surface area contributed by atoms with Crippen LogP contribution >= 0.6 is 12.2 Å². The van der Waals surface area contributed by atoms with Crippen molar-refractivity contribution in [2.75, 3.05) is 42.1 Å². The number of carbonyl (C=O) groups excluding carboxylic acids is 3. The Balaban J connectivity index is 1.38. The molecule has 0 saturated carbocycles. The van der Waals surface area contributed by atoms with Gasteiger partial charge in [-0.2, -0.15) is 0 Å². The average molecular weight is 512 g/mol. The van der Waals surface area contributed by atoms with Crippen molar-refractivity contribution in [1.82, 2.24) is 9.80 Å². The summed E-state index contributed by atoms with van der Waals surface area (Å²) in [5.41, 5.74) is 1.68. The largest absolute Gasteiger partial charge is 0.349 e. The summed E-state index contributed by atoms with van der Waals surface area (Å²) < 4.78 is 14.0. The number of nitrogens with one attached hydrogen (secondary N) is 3. The third-order valence-corrected chi connectivity index (χ3v) is 7.20. The Labute approximate surface area is 215 Å². The molecule has 2 aliphatic rings. The number of rotatable bonds is 4. The Hall–Kier alpha value is -3.53. The molecule has 2 fully saturated rings. The Bertz CT molecular complexity index is 1200. The summed E-state index contributed by atoms with van der Waals surface area (Å²) in [4.78, 5) is 40.3. The van der Waals surface area contributed by atoms with Crippen molar-refractivity contribution in [3.63, 3.8) is 0 Å². The number of para-hydroxylation sites is 1. The van der Waals surface area contributed by atoms with E-state index in [0.717, 1.165) is 32.4 Å². The first-order valence-electron chi connectivity index (χ1n) is 11.9. The Morgan fingerprint density at radius 3 is 2.08 bits per heavy atom. The Morgan fingerprint density at radius 2 is 1.44 bits per heavy atom. The predicted molar refractivity (Wildman–Crippen MR) is 141 cm³/mol. The number of hydrogen-bond acceptors (Lipinski definition) is 4. The van der Waals surface area contributed by atoms with Crippen LogP contribution in [0.15, 0.2) is 42.5 Å². The van der Waals surface area contributed by atoms with E-state index in [2.05, 4.69) is 20.9 Å². The van der Waals surface area contributed by atoms with Gasteiger partial charge in [0, 0.05) is 45.6 Å². The minimum atomic E-state index is -0.343. The van der Waals surface area contributed by atoms with Crippen molar-refractivity contribution in [1.29, 1.82) is 0 Å². The highest BCUT2D eigenvalue weighted by molar-refractivity contribution is 7.80. The van der Waals surface area contributed by atoms with E-state index in [1.807, 2.05) is 4.90 Å².